The van der Waals surface area contributed by atoms with Gasteiger partial charge in [0.15, 0.2) is 0 Å². The van der Waals surface area contributed by atoms with Crippen molar-refractivity contribution in [2.24, 2.45) is 10.2 Å². The monoisotopic (exact) mass is 362 g/mol. The van der Waals surface area contributed by atoms with Crippen molar-refractivity contribution in [3.05, 3.63) is 43.8 Å². The molecule has 2 aromatic heterocycles. The maximum Gasteiger partial charge on any atom is 0.331 e. The van der Waals surface area contributed by atoms with Crippen LogP contribution in [0.15, 0.2) is 34.5 Å². The normalized spacial score (nSPS) is 12.2. The predicted molar refractivity (Wildman–Crippen MR) is 98.8 cm³/mol. The molecule has 2 amide bonds. The van der Waals surface area contributed by atoms with Gasteiger partial charge in [-0.2, -0.15) is 10.2 Å². The zero-order valence-corrected chi connectivity index (χ0v) is 15.5. The van der Waals surface area contributed by atoms with Crippen molar-refractivity contribution >= 4 is 45.9 Å². The Morgan fingerprint density at radius 2 is 1.17 bits per heavy atom. The lowest BCUT2D eigenvalue weighted by Crippen LogP contribution is -2.36. The van der Waals surface area contributed by atoms with Crippen LogP contribution in [0.3, 0.4) is 0 Å². The topological polar surface area (TPSA) is 82.9 Å². The maximum atomic E-state index is 11.7. The SMILES string of the molecule is C/C(=N/NC(=O)C(=O)N/N=C(/C)c1ccc(C)s1)c1ccc(C)s1. The average Bonchev–Trinajstić information content (AvgIpc) is 3.18. The van der Waals surface area contributed by atoms with E-state index in [2.05, 4.69) is 21.1 Å². The van der Waals surface area contributed by atoms with E-state index in [1.807, 2.05) is 38.1 Å². The number of hydrogen-bond acceptors (Lipinski definition) is 6. The van der Waals surface area contributed by atoms with Gasteiger partial charge in [0.2, 0.25) is 0 Å². The lowest BCUT2D eigenvalue weighted by Gasteiger charge is -2.01. The molecule has 0 unspecified atom stereocenters. The third-order valence-corrected chi connectivity index (χ3v) is 5.27. The van der Waals surface area contributed by atoms with E-state index in [1.54, 1.807) is 36.5 Å². The third-order valence-electron chi connectivity index (χ3n) is 3.05. The molecular formula is C16H18N4O2S2. The van der Waals surface area contributed by atoms with Crippen molar-refractivity contribution in [1.82, 2.24) is 10.9 Å². The molecule has 0 aliphatic carbocycles. The van der Waals surface area contributed by atoms with E-state index in [0.29, 0.717) is 11.4 Å². The number of thiophene rings is 2. The van der Waals surface area contributed by atoms with Crippen LogP contribution in [0.4, 0.5) is 0 Å². The number of nitrogens with zero attached hydrogens (tertiary/aromatic N) is 2. The molecule has 6 nitrogen and oxygen atoms in total. The van der Waals surface area contributed by atoms with Gasteiger partial charge in [-0.3, -0.25) is 9.59 Å². The Labute approximate surface area is 148 Å². The van der Waals surface area contributed by atoms with Crippen LogP contribution in [0, 0.1) is 13.8 Å². The van der Waals surface area contributed by atoms with Crippen molar-refractivity contribution in [3.8, 4) is 0 Å². The molecule has 24 heavy (non-hydrogen) atoms. The Morgan fingerprint density at radius 1 is 0.792 bits per heavy atom. The Kier molecular flexibility index (Phi) is 5.99. The summed E-state index contributed by atoms with van der Waals surface area (Å²) in [6, 6.07) is 7.78. The van der Waals surface area contributed by atoms with Crippen LogP contribution in [0.2, 0.25) is 0 Å². The molecule has 2 rings (SSSR count). The molecule has 0 atom stereocenters. The number of rotatable bonds is 4. The second-order valence-corrected chi connectivity index (χ2v) is 7.67. The highest BCUT2D eigenvalue weighted by molar-refractivity contribution is 7.14. The molecule has 2 heterocycles. The first-order valence-corrected chi connectivity index (χ1v) is 8.82. The summed E-state index contributed by atoms with van der Waals surface area (Å²) in [6.07, 6.45) is 0. The smallest absolute Gasteiger partial charge is 0.262 e. The first-order chi connectivity index (χ1) is 11.4. The summed E-state index contributed by atoms with van der Waals surface area (Å²) in [5.41, 5.74) is 5.75. The van der Waals surface area contributed by atoms with Crippen molar-refractivity contribution < 1.29 is 9.59 Å². The minimum atomic E-state index is -0.860. The van der Waals surface area contributed by atoms with Gasteiger partial charge in [0.1, 0.15) is 0 Å². The van der Waals surface area contributed by atoms with Gasteiger partial charge in [0.05, 0.1) is 21.2 Å². The second kappa shape index (κ2) is 7.98. The Hall–Kier alpha value is -2.32. The summed E-state index contributed by atoms with van der Waals surface area (Å²) < 4.78 is 0. The zero-order chi connectivity index (χ0) is 17.7. The number of carbonyl (C=O) groups is 2. The highest BCUT2D eigenvalue weighted by Crippen LogP contribution is 2.16. The van der Waals surface area contributed by atoms with Crippen LogP contribution in [-0.4, -0.2) is 23.2 Å². The lowest BCUT2D eigenvalue weighted by molar-refractivity contribution is -0.139. The van der Waals surface area contributed by atoms with Crippen molar-refractivity contribution in [2.75, 3.05) is 0 Å². The standard InChI is InChI=1S/C16H18N4O2S2/c1-9-5-7-13(23-9)11(3)17-19-15(21)16(22)20-18-12(4)14-8-6-10(2)24-14/h5-8H,1-4H3,(H,19,21)(H,20,22)/b17-11-,18-12-. The quantitative estimate of drug-likeness (QED) is 0.498. The molecule has 0 aliphatic rings. The highest BCUT2D eigenvalue weighted by atomic mass is 32.1. The molecule has 2 N–H and O–H groups in total. The summed E-state index contributed by atoms with van der Waals surface area (Å²) in [5.74, 6) is -1.72. The zero-order valence-electron chi connectivity index (χ0n) is 13.8. The summed E-state index contributed by atoms with van der Waals surface area (Å²) in [7, 11) is 0. The minimum absolute atomic E-state index is 0.642. The Bertz CT molecular complexity index is 749. The maximum absolute atomic E-state index is 11.7. The van der Waals surface area contributed by atoms with Crippen molar-refractivity contribution in [3.63, 3.8) is 0 Å². The Balaban J connectivity index is 1.91. The highest BCUT2D eigenvalue weighted by Gasteiger charge is 2.13. The van der Waals surface area contributed by atoms with Crippen LogP contribution in [0.5, 0.6) is 0 Å². The minimum Gasteiger partial charge on any atom is -0.262 e. The molecule has 0 radical (unpaired) electrons. The summed E-state index contributed by atoms with van der Waals surface area (Å²) in [5, 5.41) is 7.88. The fourth-order valence-electron chi connectivity index (χ4n) is 1.74. The number of hydrazone groups is 2. The van der Waals surface area contributed by atoms with E-state index in [4.69, 9.17) is 0 Å². The molecule has 0 fully saturated rings. The second-order valence-electron chi connectivity index (χ2n) is 5.10. The van der Waals surface area contributed by atoms with Gasteiger partial charge in [-0.15, -0.1) is 22.7 Å². The average molecular weight is 362 g/mol. The van der Waals surface area contributed by atoms with Crippen LogP contribution in [0.1, 0.15) is 33.4 Å². The number of amides is 2. The third kappa shape index (κ3) is 4.84. The lowest BCUT2D eigenvalue weighted by atomic mass is 10.3. The fraction of sp³-hybridized carbons (Fsp3) is 0.250. The van der Waals surface area contributed by atoms with E-state index in [1.165, 1.54) is 0 Å². The van der Waals surface area contributed by atoms with E-state index < -0.39 is 11.8 Å². The fourth-order valence-corrected chi connectivity index (χ4v) is 3.36. The summed E-state index contributed by atoms with van der Waals surface area (Å²) in [4.78, 5) is 27.7. The van der Waals surface area contributed by atoms with Gasteiger partial charge in [-0.25, -0.2) is 10.9 Å². The molecule has 0 saturated heterocycles. The number of nitrogens with one attached hydrogen (secondary N) is 2. The van der Waals surface area contributed by atoms with Gasteiger partial charge < -0.3 is 0 Å². The van der Waals surface area contributed by atoms with Gasteiger partial charge in [0, 0.05) is 9.75 Å². The van der Waals surface area contributed by atoms with Gasteiger partial charge in [-0.05, 0) is 52.0 Å². The molecule has 0 saturated carbocycles. The van der Waals surface area contributed by atoms with Crippen LogP contribution in [0.25, 0.3) is 0 Å². The van der Waals surface area contributed by atoms with E-state index in [9.17, 15) is 9.59 Å². The van der Waals surface area contributed by atoms with Gasteiger partial charge in [-0.1, -0.05) is 0 Å². The number of carbonyl (C=O) groups excluding carboxylic acids is 2. The number of aryl methyl sites for hydroxylation is 2. The molecule has 0 aliphatic heterocycles. The number of hydrogen-bond donors (Lipinski definition) is 2. The summed E-state index contributed by atoms with van der Waals surface area (Å²) in [6.45, 7) is 7.52. The van der Waals surface area contributed by atoms with Crippen LogP contribution < -0.4 is 10.9 Å². The molecule has 126 valence electrons. The summed E-state index contributed by atoms with van der Waals surface area (Å²) >= 11 is 3.13. The molecule has 0 aromatic carbocycles. The molecule has 8 heteroatoms. The molecule has 2 aromatic rings. The first kappa shape index (κ1) is 18.0. The van der Waals surface area contributed by atoms with E-state index >= 15 is 0 Å². The van der Waals surface area contributed by atoms with Crippen molar-refractivity contribution in [2.45, 2.75) is 27.7 Å². The Morgan fingerprint density at radius 3 is 1.46 bits per heavy atom. The first-order valence-electron chi connectivity index (χ1n) is 7.19. The largest absolute Gasteiger partial charge is 0.331 e. The van der Waals surface area contributed by atoms with E-state index in [0.717, 1.165) is 19.5 Å². The molecule has 0 spiro atoms. The van der Waals surface area contributed by atoms with Crippen molar-refractivity contribution in [1.29, 1.82) is 0 Å². The van der Waals surface area contributed by atoms with Crippen LogP contribution in [-0.2, 0) is 9.59 Å². The van der Waals surface area contributed by atoms with E-state index in [-0.39, 0.29) is 0 Å². The van der Waals surface area contributed by atoms with Gasteiger partial charge in [0.25, 0.3) is 0 Å². The molecule has 0 bridgehead atoms. The molecular weight excluding hydrogens is 344 g/mol. The predicted octanol–water partition coefficient (Wildman–Crippen LogP) is 2.81. The van der Waals surface area contributed by atoms with Gasteiger partial charge >= 0.3 is 11.8 Å². The van der Waals surface area contributed by atoms with Crippen LogP contribution >= 0.6 is 22.7 Å².